The van der Waals surface area contributed by atoms with E-state index in [1.54, 1.807) is 6.92 Å². The number of benzene rings is 2. The van der Waals surface area contributed by atoms with E-state index in [4.69, 9.17) is 13.9 Å². The van der Waals surface area contributed by atoms with Crippen molar-refractivity contribution in [2.45, 2.75) is 52.1 Å². The predicted octanol–water partition coefficient (Wildman–Crippen LogP) is 5.69. The molecule has 0 radical (unpaired) electrons. The summed E-state index contributed by atoms with van der Waals surface area (Å²) in [7, 11) is 1.42. The van der Waals surface area contributed by atoms with Crippen molar-refractivity contribution in [3.63, 3.8) is 0 Å². The number of carbonyl (C=O) groups excluding carboxylic acids is 1. The molecule has 2 heterocycles. The van der Waals surface area contributed by atoms with E-state index in [1.807, 2.05) is 25.1 Å². The number of likely N-dealkylation sites (tertiary alicyclic amines) is 1. The Morgan fingerprint density at radius 2 is 1.91 bits per heavy atom. The van der Waals surface area contributed by atoms with Gasteiger partial charge in [0.25, 0.3) is 0 Å². The topological polar surface area (TPSA) is 64.8 Å². The lowest BCUT2D eigenvalue weighted by Crippen LogP contribution is -2.36. The molecular formula is C26H27F3N2O4. The first kappa shape index (κ1) is 24.8. The van der Waals surface area contributed by atoms with Crippen LogP contribution in [0.1, 0.15) is 41.0 Å². The lowest BCUT2D eigenvalue weighted by Gasteiger charge is -2.23. The zero-order chi connectivity index (χ0) is 25.2. The van der Waals surface area contributed by atoms with Gasteiger partial charge in [-0.05, 0) is 80.8 Å². The summed E-state index contributed by atoms with van der Waals surface area (Å²) in [6.07, 6.45) is -2.63. The van der Waals surface area contributed by atoms with E-state index in [1.165, 1.54) is 19.2 Å². The van der Waals surface area contributed by atoms with Gasteiger partial charge in [-0.15, -0.1) is 0 Å². The number of alkyl halides is 3. The van der Waals surface area contributed by atoms with E-state index >= 15 is 0 Å². The van der Waals surface area contributed by atoms with E-state index in [0.29, 0.717) is 29.3 Å². The van der Waals surface area contributed by atoms with Crippen molar-refractivity contribution in [1.29, 1.82) is 0 Å². The summed E-state index contributed by atoms with van der Waals surface area (Å²) in [6, 6.07) is 10.3. The maximum atomic E-state index is 12.8. The lowest BCUT2D eigenvalue weighted by molar-refractivity contribution is -0.146. The second kappa shape index (κ2) is 10.1. The van der Waals surface area contributed by atoms with Crippen LogP contribution in [0.25, 0.3) is 11.5 Å². The minimum Gasteiger partial charge on any atom is -0.487 e. The molecule has 0 N–H and O–H groups in total. The normalized spacial score (nSPS) is 16.5. The van der Waals surface area contributed by atoms with Gasteiger partial charge in [-0.2, -0.15) is 13.2 Å². The van der Waals surface area contributed by atoms with Gasteiger partial charge < -0.3 is 13.9 Å². The van der Waals surface area contributed by atoms with E-state index in [9.17, 15) is 18.0 Å². The fraction of sp³-hybridized carbons (Fsp3) is 0.385. The molecule has 4 rings (SSSR count). The Morgan fingerprint density at radius 1 is 1.17 bits per heavy atom. The summed E-state index contributed by atoms with van der Waals surface area (Å²) in [5.74, 6) is 1.25. The number of esters is 1. The SMILES string of the molecule is COC(=O)C1CCCN1Cc1ccc(OCc2nc(-c3ccc(C(F)(F)F)cc3)oc2C)cc1C. The standard InChI is InChI=1S/C26H27F3N2O4/c1-16-13-21(11-8-19(16)14-31-12-4-5-23(31)25(32)33-3)34-15-22-17(2)35-24(30-22)18-6-9-20(10-7-18)26(27,28)29/h6-11,13,23H,4-5,12,14-15H2,1-3H3. The highest BCUT2D eigenvalue weighted by Crippen LogP contribution is 2.31. The van der Waals surface area contributed by atoms with Crippen LogP contribution in [-0.4, -0.2) is 35.5 Å². The van der Waals surface area contributed by atoms with Gasteiger partial charge in [0, 0.05) is 12.1 Å². The van der Waals surface area contributed by atoms with Crippen LogP contribution in [0.5, 0.6) is 5.75 Å². The molecule has 0 saturated carbocycles. The number of oxazole rings is 1. The molecule has 1 fully saturated rings. The van der Waals surface area contributed by atoms with Crippen molar-refractivity contribution in [1.82, 2.24) is 9.88 Å². The number of hydrogen-bond donors (Lipinski definition) is 0. The lowest BCUT2D eigenvalue weighted by atomic mass is 10.1. The molecule has 3 aromatic rings. The molecule has 0 bridgehead atoms. The minimum absolute atomic E-state index is 0.158. The maximum absolute atomic E-state index is 12.8. The first-order valence-corrected chi connectivity index (χ1v) is 11.3. The molecule has 9 heteroatoms. The van der Waals surface area contributed by atoms with E-state index < -0.39 is 11.7 Å². The fourth-order valence-electron chi connectivity index (χ4n) is 4.21. The van der Waals surface area contributed by atoms with Crippen LogP contribution in [0.4, 0.5) is 13.2 Å². The van der Waals surface area contributed by atoms with Crippen molar-refractivity contribution in [3.05, 3.63) is 70.6 Å². The maximum Gasteiger partial charge on any atom is 0.416 e. The third-order valence-electron chi connectivity index (χ3n) is 6.25. The Balaban J connectivity index is 1.40. The van der Waals surface area contributed by atoms with E-state index in [2.05, 4.69) is 9.88 Å². The molecule has 35 heavy (non-hydrogen) atoms. The quantitative estimate of drug-likeness (QED) is 0.398. The average Bonchev–Trinajstić information content (AvgIpc) is 3.44. The molecule has 186 valence electrons. The number of aryl methyl sites for hydroxylation is 2. The summed E-state index contributed by atoms with van der Waals surface area (Å²) in [4.78, 5) is 18.5. The molecule has 1 aliphatic rings. The summed E-state index contributed by atoms with van der Waals surface area (Å²) in [5.41, 5.74) is 2.45. The van der Waals surface area contributed by atoms with Crippen LogP contribution in [0.3, 0.4) is 0 Å². The van der Waals surface area contributed by atoms with Crippen molar-refractivity contribution >= 4 is 5.97 Å². The third-order valence-corrected chi connectivity index (χ3v) is 6.25. The Morgan fingerprint density at radius 3 is 2.57 bits per heavy atom. The summed E-state index contributed by atoms with van der Waals surface area (Å²) in [5, 5.41) is 0. The summed E-state index contributed by atoms with van der Waals surface area (Å²) >= 11 is 0. The van der Waals surface area contributed by atoms with Gasteiger partial charge in [-0.25, -0.2) is 4.98 Å². The molecule has 0 aliphatic carbocycles. The molecule has 0 spiro atoms. The van der Waals surface area contributed by atoms with E-state index in [-0.39, 0.29) is 24.5 Å². The number of hydrogen-bond acceptors (Lipinski definition) is 6. The van der Waals surface area contributed by atoms with Crippen molar-refractivity contribution < 1.29 is 31.9 Å². The van der Waals surface area contributed by atoms with Crippen molar-refractivity contribution in [2.24, 2.45) is 0 Å². The van der Waals surface area contributed by atoms with Crippen LogP contribution in [-0.2, 0) is 28.9 Å². The smallest absolute Gasteiger partial charge is 0.416 e. The van der Waals surface area contributed by atoms with Gasteiger partial charge in [0.15, 0.2) is 0 Å². The minimum atomic E-state index is -4.39. The van der Waals surface area contributed by atoms with Gasteiger partial charge in [-0.3, -0.25) is 9.69 Å². The monoisotopic (exact) mass is 488 g/mol. The van der Waals surface area contributed by atoms with Crippen molar-refractivity contribution in [3.8, 4) is 17.2 Å². The Labute approximate surface area is 201 Å². The first-order valence-electron chi connectivity index (χ1n) is 11.3. The second-order valence-corrected chi connectivity index (χ2v) is 8.63. The second-order valence-electron chi connectivity index (χ2n) is 8.63. The van der Waals surface area contributed by atoms with Crippen LogP contribution >= 0.6 is 0 Å². The van der Waals surface area contributed by atoms with Crippen LogP contribution in [0.15, 0.2) is 46.9 Å². The summed E-state index contributed by atoms with van der Waals surface area (Å²) < 4.78 is 54.9. The van der Waals surface area contributed by atoms with Crippen LogP contribution in [0, 0.1) is 13.8 Å². The highest BCUT2D eigenvalue weighted by atomic mass is 19.4. The number of methoxy groups -OCH3 is 1. The van der Waals surface area contributed by atoms with Gasteiger partial charge in [0.1, 0.15) is 29.9 Å². The number of carbonyl (C=O) groups is 1. The molecule has 1 atom stereocenters. The number of ether oxygens (including phenoxy) is 2. The number of halogens is 3. The van der Waals surface area contributed by atoms with Crippen LogP contribution < -0.4 is 4.74 Å². The predicted molar refractivity (Wildman–Crippen MR) is 123 cm³/mol. The fourth-order valence-corrected chi connectivity index (χ4v) is 4.21. The Hall–Kier alpha value is -3.33. The van der Waals surface area contributed by atoms with Crippen LogP contribution in [0.2, 0.25) is 0 Å². The molecule has 1 unspecified atom stereocenters. The van der Waals surface area contributed by atoms with Crippen molar-refractivity contribution in [2.75, 3.05) is 13.7 Å². The van der Waals surface area contributed by atoms with E-state index in [0.717, 1.165) is 42.6 Å². The average molecular weight is 489 g/mol. The molecular weight excluding hydrogens is 461 g/mol. The molecule has 0 amide bonds. The Bertz CT molecular complexity index is 1190. The largest absolute Gasteiger partial charge is 0.487 e. The zero-order valence-electron chi connectivity index (χ0n) is 19.8. The molecule has 1 aromatic heterocycles. The molecule has 6 nitrogen and oxygen atoms in total. The third kappa shape index (κ3) is 5.67. The number of rotatable bonds is 7. The number of aromatic nitrogens is 1. The van der Waals surface area contributed by atoms with Gasteiger partial charge >= 0.3 is 12.1 Å². The Kier molecular flexibility index (Phi) is 7.16. The molecule has 1 aliphatic heterocycles. The highest BCUT2D eigenvalue weighted by Gasteiger charge is 2.32. The van der Waals surface area contributed by atoms with Gasteiger partial charge in [0.05, 0.1) is 12.7 Å². The summed E-state index contributed by atoms with van der Waals surface area (Å²) in [6.45, 7) is 5.40. The zero-order valence-corrected chi connectivity index (χ0v) is 19.8. The highest BCUT2D eigenvalue weighted by molar-refractivity contribution is 5.76. The van der Waals surface area contributed by atoms with Gasteiger partial charge in [-0.1, -0.05) is 6.07 Å². The molecule has 1 saturated heterocycles. The molecule has 2 aromatic carbocycles. The van der Waals surface area contributed by atoms with Gasteiger partial charge in [0.2, 0.25) is 5.89 Å². The first-order chi connectivity index (χ1) is 16.7. The number of nitrogens with zero attached hydrogens (tertiary/aromatic N) is 2.